The van der Waals surface area contributed by atoms with E-state index >= 15 is 0 Å². The molecule has 0 saturated carbocycles. The van der Waals surface area contributed by atoms with Crippen molar-refractivity contribution in [2.45, 2.75) is 39.3 Å². The lowest BCUT2D eigenvalue weighted by atomic mass is 10.0. The summed E-state index contributed by atoms with van der Waals surface area (Å²) in [6.07, 6.45) is 1.42. The molecular weight excluding hydrogens is 216 g/mol. The van der Waals surface area contributed by atoms with Gasteiger partial charge in [-0.15, -0.1) is 0 Å². The molecule has 15 heavy (non-hydrogen) atoms. The second-order valence-corrected chi connectivity index (χ2v) is 4.67. The minimum atomic E-state index is -1.43. The van der Waals surface area contributed by atoms with Gasteiger partial charge in [0.05, 0.1) is 11.2 Å². The number of carbonyl (C=O) groups excluding carboxylic acids is 1. The summed E-state index contributed by atoms with van der Waals surface area (Å²) in [7, 11) is 0. The average molecular weight is 231 g/mol. The Morgan fingerprint density at radius 3 is 2.53 bits per heavy atom. The van der Waals surface area contributed by atoms with Crippen molar-refractivity contribution in [1.82, 2.24) is 9.78 Å². The zero-order valence-electron chi connectivity index (χ0n) is 9.28. The highest BCUT2D eigenvalue weighted by molar-refractivity contribution is 6.34. The minimum absolute atomic E-state index is 0.0267. The van der Waals surface area contributed by atoms with Crippen LogP contribution in [0.2, 0.25) is 5.02 Å². The summed E-state index contributed by atoms with van der Waals surface area (Å²) in [5, 5.41) is 13.9. The number of aliphatic hydroxyl groups is 1. The van der Waals surface area contributed by atoms with Crippen molar-refractivity contribution in [3.63, 3.8) is 0 Å². The Hall–Kier alpha value is -0.870. The minimum Gasteiger partial charge on any atom is -0.382 e. The van der Waals surface area contributed by atoms with Crippen molar-refractivity contribution < 1.29 is 9.90 Å². The van der Waals surface area contributed by atoms with Crippen molar-refractivity contribution in [3.8, 4) is 0 Å². The van der Waals surface area contributed by atoms with Crippen LogP contribution in [-0.4, -0.2) is 26.3 Å². The largest absolute Gasteiger partial charge is 0.382 e. The lowest BCUT2D eigenvalue weighted by molar-refractivity contribution is 0.0475. The third-order valence-corrected chi connectivity index (χ3v) is 2.29. The summed E-state index contributed by atoms with van der Waals surface area (Å²) in [4.78, 5) is 11.9. The summed E-state index contributed by atoms with van der Waals surface area (Å²) in [6.45, 7) is 6.65. The Balaban J connectivity index is 3.24. The zero-order chi connectivity index (χ0) is 11.8. The van der Waals surface area contributed by atoms with Gasteiger partial charge in [-0.1, -0.05) is 11.6 Å². The molecule has 1 aromatic heterocycles. The molecule has 0 aliphatic carbocycles. The molecule has 0 aromatic carbocycles. The standard InChI is InChI=1S/C10H15ClN2O2/c1-6(2)13-8(7(11)5-12-13)9(14)10(3,4)15/h5-6,15H,1-4H3. The first-order chi connectivity index (χ1) is 6.75. The Kier molecular flexibility index (Phi) is 3.21. The van der Waals surface area contributed by atoms with E-state index < -0.39 is 11.4 Å². The normalized spacial score (nSPS) is 12.2. The van der Waals surface area contributed by atoms with Gasteiger partial charge in [0.15, 0.2) is 0 Å². The van der Waals surface area contributed by atoms with E-state index in [1.54, 1.807) is 0 Å². The van der Waals surface area contributed by atoms with Crippen LogP contribution in [0.1, 0.15) is 44.2 Å². The van der Waals surface area contributed by atoms with Crippen molar-refractivity contribution in [1.29, 1.82) is 0 Å². The molecule has 0 saturated heterocycles. The summed E-state index contributed by atoms with van der Waals surface area (Å²) >= 11 is 5.87. The van der Waals surface area contributed by atoms with Gasteiger partial charge in [0.25, 0.3) is 0 Å². The molecule has 1 aromatic rings. The molecule has 0 unspecified atom stereocenters. The first-order valence-corrected chi connectivity index (χ1v) is 5.13. The van der Waals surface area contributed by atoms with Gasteiger partial charge in [-0.05, 0) is 27.7 Å². The fourth-order valence-electron chi connectivity index (χ4n) is 1.23. The van der Waals surface area contributed by atoms with E-state index in [4.69, 9.17) is 11.6 Å². The van der Waals surface area contributed by atoms with Crippen LogP contribution in [0.25, 0.3) is 0 Å². The maximum Gasteiger partial charge on any atom is 0.213 e. The van der Waals surface area contributed by atoms with Crippen LogP contribution >= 0.6 is 11.6 Å². The topological polar surface area (TPSA) is 55.1 Å². The van der Waals surface area contributed by atoms with Gasteiger partial charge in [0, 0.05) is 6.04 Å². The highest BCUT2D eigenvalue weighted by Crippen LogP contribution is 2.23. The lowest BCUT2D eigenvalue weighted by Crippen LogP contribution is -2.33. The molecule has 1 N–H and O–H groups in total. The summed E-state index contributed by atoms with van der Waals surface area (Å²) in [6, 6.07) is 0.0267. The Morgan fingerprint density at radius 1 is 1.60 bits per heavy atom. The van der Waals surface area contributed by atoms with Crippen molar-refractivity contribution in [2.75, 3.05) is 0 Å². The third-order valence-electron chi connectivity index (χ3n) is 2.01. The van der Waals surface area contributed by atoms with E-state index in [0.29, 0.717) is 0 Å². The van der Waals surface area contributed by atoms with Crippen molar-refractivity contribution in [2.24, 2.45) is 0 Å². The number of hydrogen-bond donors (Lipinski definition) is 1. The molecule has 0 bridgehead atoms. The highest BCUT2D eigenvalue weighted by Gasteiger charge is 2.31. The molecular formula is C10H15ClN2O2. The summed E-state index contributed by atoms with van der Waals surface area (Å²) in [5.74, 6) is -0.418. The zero-order valence-corrected chi connectivity index (χ0v) is 10.0. The molecule has 0 spiro atoms. The molecule has 5 heteroatoms. The van der Waals surface area contributed by atoms with Crippen LogP contribution in [0.3, 0.4) is 0 Å². The van der Waals surface area contributed by atoms with Crippen LogP contribution in [-0.2, 0) is 0 Å². The first kappa shape index (κ1) is 12.2. The highest BCUT2D eigenvalue weighted by atomic mass is 35.5. The van der Waals surface area contributed by atoms with E-state index in [1.807, 2.05) is 13.8 Å². The van der Waals surface area contributed by atoms with Gasteiger partial charge < -0.3 is 5.11 Å². The summed E-state index contributed by atoms with van der Waals surface area (Å²) in [5.41, 5.74) is -1.17. The second kappa shape index (κ2) is 3.94. The molecule has 0 atom stereocenters. The van der Waals surface area contributed by atoms with Crippen molar-refractivity contribution >= 4 is 17.4 Å². The SMILES string of the molecule is CC(C)n1ncc(Cl)c1C(=O)C(C)(C)O. The molecule has 84 valence electrons. The molecule has 0 amide bonds. The Labute approximate surface area is 93.9 Å². The number of rotatable bonds is 3. The van der Waals surface area contributed by atoms with E-state index in [1.165, 1.54) is 24.7 Å². The van der Waals surface area contributed by atoms with E-state index in [2.05, 4.69) is 5.10 Å². The van der Waals surface area contributed by atoms with Crippen LogP contribution in [0.15, 0.2) is 6.20 Å². The fourth-order valence-corrected chi connectivity index (χ4v) is 1.45. The van der Waals surface area contributed by atoms with E-state index in [-0.39, 0.29) is 16.8 Å². The second-order valence-electron chi connectivity index (χ2n) is 4.27. The van der Waals surface area contributed by atoms with Gasteiger partial charge in [-0.25, -0.2) is 0 Å². The maximum absolute atomic E-state index is 11.9. The maximum atomic E-state index is 11.9. The molecule has 1 rings (SSSR count). The van der Waals surface area contributed by atoms with E-state index in [0.717, 1.165) is 0 Å². The Bertz CT molecular complexity index is 377. The van der Waals surface area contributed by atoms with E-state index in [9.17, 15) is 9.90 Å². The molecule has 0 radical (unpaired) electrons. The van der Waals surface area contributed by atoms with Crippen LogP contribution in [0, 0.1) is 0 Å². The van der Waals surface area contributed by atoms with Gasteiger partial charge in [-0.3, -0.25) is 9.48 Å². The van der Waals surface area contributed by atoms with Gasteiger partial charge in [-0.2, -0.15) is 5.10 Å². The third kappa shape index (κ3) is 2.38. The average Bonchev–Trinajstić information content (AvgIpc) is 2.44. The number of halogens is 1. The fraction of sp³-hybridized carbons (Fsp3) is 0.600. The smallest absolute Gasteiger partial charge is 0.213 e. The number of nitrogens with zero attached hydrogens (tertiary/aromatic N) is 2. The number of carbonyl (C=O) groups is 1. The first-order valence-electron chi connectivity index (χ1n) is 4.75. The molecule has 0 aliphatic rings. The van der Waals surface area contributed by atoms with Crippen LogP contribution in [0.4, 0.5) is 0 Å². The van der Waals surface area contributed by atoms with Crippen molar-refractivity contribution in [3.05, 3.63) is 16.9 Å². The van der Waals surface area contributed by atoms with Gasteiger partial charge >= 0.3 is 0 Å². The number of aromatic nitrogens is 2. The predicted octanol–water partition coefficient (Wildman–Crippen LogP) is 2.07. The lowest BCUT2D eigenvalue weighted by Gasteiger charge is -2.18. The number of ketones is 1. The number of hydrogen-bond acceptors (Lipinski definition) is 3. The Morgan fingerprint density at radius 2 is 2.13 bits per heavy atom. The molecule has 0 fully saturated rings. The van der Waals surface area contributed by atoms with Crippen LogP contribution in [0.5, 0.6) is 0 Å². The predicted molar refractivity (Wildman–Crippen MR) is 58.3 cm³/mol. The summed E-state index contributed by atoms with van der Waals surface area (Å²) < 4.78 is 1.52. The molecule has 0 aliphatic heterocycles. The van der Waals surface area contributed by atoms with Crippen LogP contribution < -0.4 is 0 Å². The van der Waals surface area contributed by atoms with Gasteiger partial charge in [0.1, 0.15) is 11.3 Å². The van der Waals surface area contributed by atoms with Gasteiger partial charge in [0.2, 0.25) is 5.78 Å². The quantitative estimate of drug-likeness (QED) is 0.809. The molecule has 4 nitrogen and oxygen atoms in total. The number of Topliss-reactive ketones (excluding diaryl/α,β-unsaturated/α-hetero) is 1. The molecule has 1 heterocycles. The monoisotopic (exact) mass is 230 g/mol.